The molecule has 2 aromatic rings. The second kappa shape index (κ2) is 5.84. The molecule has 0 saturated carbocycles. The van der Waals surface area contributed by atoms with Crippen molar-refractivity contribution in [1.82, 2.24) is 14.8 Å². The van der Waals surface area contributed by atoms with Crippen molar-refractivity contribution in [2.75, 3.05) is 0 Å². The Hall–Kier alpha value is -1.20. The average Bonchev–Trinajstić information content (AvgIpc) is 2.83. The summed E-state index contributed by atoms with van der Waals surface area (Å²) in [6.45, 7) is 6.21. The number of thiazole rings is 1. The topological polar surface area (TPSA) is 56.7 Å². The van der Waals surface area contributed by atoms with Crippen LogP contribution in [0.1, 0.15) is 34.1 Å². The van der Waals surface area contributed by atoms with Crippen molar-refractivity contribution in [3.8, 4) is 0 Å². The monoisotopic (exact) mass is 278 g/mol. The molecule has 5 heteroatoms. The van der Waals surface area contributed by atoms with Crippen LogP contribution >= 0.6 is 11.3 Å². The Balaban J connectivity index is 1.91. The Kier molecular flexibility index (Phi) is 4.37. The average molecular weight is 278 g/mol. The molecule has 0 saturated heterocycles. The third kappa shape index (κ3) is 3.42. The van der Waals surface area contributed by atoms with Gasteiger partial charge in [0, 0.05) is 30.6 Å². The molecule has 0 fully saturated rings. The predicted molar refractivity (Wildman–Crippen MR) is 79.5 cm³/mol. The van der Waals surface area contributed by atoms with E-state index < -0.39 is 0 Å². The Bertz CT molecular complexity index is 556. The molecular formula is C14H22N4S. The molecule has 0 aliphatic heterocycles. The van der Waals surface area contributed by atoms with E-state index >= 15 is 0 Å². The van der Waals surface area contributed by atoms with Crippen LogP contribution in [0, 0.1) is 20.8 Å². The quantitative estimate of drug-likeness (QED) is 0.913. The SMILES string of the molecule is Cc1nc(CC(N)CCc2c(C)nn(C)c2C)cs1. The Labute approximate surface area is 118 Å². The van der Waals surface area contributed by atoms with Crippen molar-refractivity contribution in [3.63, 3.8) is 0 Å². The third-order valence-electron chi connectivity index (χ3n) is 3.56. The molecule has 0 aliphatic carbocycles. The molecule has 1 atom stereocenters. The highest BCUT2D eigenvalue weighted by molar-refractivity contribution is 7.09. The van der Waals surface area contributed by atoms with Crippen LogP contribution in [0.5, 0.6) is 0 Å². The van der Waals surface area contributed by atoms with Crippen LogP contribution in [0.2, 0.25) is 0 Å². The standard InChI is InChI=1S/C14H22N4S/c1-9-14(10(2)18(4)17-9)6-5-12(15)7-13-8-19-11(3)16-13/h8,12H,5-7,15H2,1-4H3. The fourth-order valence-electron chi connectivity index (χ4n) is 2.38. The second-order valence-corrected chi connectivity index (χ2v) is 6.20. The predicted octanol–water partition coefficient (Wildman–Crippen LogP) is 2.30. The summed E-state index contributed by atoms with van der Waals surface area (Å²) in [6, 6.07) is 0.167. The van der Waals surface area contributed by atoms with Crippen molar-refractivity contribution >= 4 is 11.3 Å². The molecule has 4 nitrogen and oxygen atoms in total. The largest absolute Gasteiger partial charge is 0.327 e. The van der Waals surface area contributed by atoms with Gasteiger partial charge in [-0.1, -0.05) is 0 Å². The molecule has 19 heavy (non-hydrogen) atoms. The normalized spacial score (nSPS) is 12.9. The fraction of sp³-hybridized carbons (Fsp3) is 0.571. The molecule has 0 aromatic carbocycles. The van der Waals surface area contributed by atoms with Gasteiger partial charge in [-0.15, -0.1) is 11.3 Å². The van der Waals surface area contributed by atoms with E-state index in [0.29, 0.717) is 0 Å². The third-order valence-corrected chi connectivity index (χ3v) is 4.38. The van der Waals surface area contributed by atoms with Gasteiger partial charge in [-0.2, -0.15) is 5.10 Å². The minimum absolute atomic E-state index is 0.167. The summed E-state index contributed by atoms with van der Waals surface area (Å²) < 4.78 is 1.94. The molecule has 0 aliphatic rings. The van der Waals surface area contributed by atoms with Crippen molar-refractivity contribution in [1.29, 1.82) is 0 Å². The first kappa shape index (κ1) is 14.2. The first-order valence-electron chi connectivity index (χ1n) is 6.63. The lowest BCUT2D eigenvalue weighted by atomic mass is 10.0. The van der Waals surface area contributed by atoms with Crippen LogP contribution in [0.4, 0.5) is 0 Å². The van der Waals surface area contributed by atoms with Gasteiger partial charge < -0.3 is 5.73 Å². The summed E-state index contributed by atoms with van der Waals surface area (Å²) in [6.07, 6.45) is 2.84. The van der Waals surface area contributed by atoms with Crippen molar-refractivity contribution in [2.24, 2.45) is 12.8 Å². The number of hydrogen-bond acceptors (Lipinski definition) is 4. The van der Waals surface area contributed by atoms with Crippen LogP contribution in [0.15, 0.2) is 5.38 Å². The summed E-state index contributed by atoms with van der Waals surface area (Å²) >= 11 is 1.69. The molecule has 2 rings (SSSR count). The summed E-state index contributed by atoms with van der Waals surface area (Å²) in [5, 5.41) is 7.66. The number of aromatic nitrogens is 3. The van der Waals surface area contributed by atoms with Crippen LogP contribution in [0.25, 0.3) is 0 Å². The van der Waals surface area contributed by atoms with Crippen LogP contribution in [0.3, 0.4) is 0 Å². The summed E-state index contributed by atoms with van der Waals surface area (Å²) in [4.78, 5) is 4.47. The maximum absolute atomic E-state index is 6.21. The van der Waals surface area contributed by atoms with E-state index in [1.807, 2.05) is 18.7 Å². The van der Waals surface area contributed by atoms with E-state index in [1.165, 1.54) is 11.3 Å². The first-order chi connectivity index (χ1) is 8.97. The van der Waals surface area contributed by atoms with Gasteiger partial charge in [-0.3, -0.25) is 4.68 Å². The summed E-state index contributed by atoms with van der Waals surface area (Å²) in [7, 11) is 1.99. The number of rotatable bonds is 5. The van der Waals surface area contributed by atoms with Crippen LogP contribution in [-0.4, -0.2) is 20.8 Å². The smallest absolute Gasteiger partial charge is 0.0897 e. The van der Waals surface area contributed by atoms with Crippen LogP contribution in [-0.2, 0) is 19.9 Å². The van der Waals surface area contributed by atoms with E-state index in [4.69, 9.17) is 5.73 Å². The maximum atomic E-state index is 6.21. The van der Waals surface area contributed by atoms with E-state index in [-0.39, 0.29) is 6.04 Å². The van der Waals surface area contributed by atoms with Crippen molar-refractivity contribution < 1.29 is 0 Å². The Morgan fingerprint density at radius 1 is 1.37 bits per heavy atom. The lowest BCUT2D eigenvalue weighted by molar-refractivity contribution is 0.602. The molecule has 0 spiro atoms. The molecule has 1 unspecified atom stereocenters. The zero-order valence-corrected chi connectivity index (χ0v) is 12.9. The van der Waals surface area contributed by atoms with Gasteiger partial charge in [0.25, 0.3) is 0 Å². The van der Waals surface area contributed by atoms with Crippen molar-refractivity contribution in [2.45, 2.75) is 46.1 Å². The minimum Gasteiger partial charge on any atom is -0.327 e. The molecule has 0 bridgehead atoms. The number of nitrogens with two attached hydrogens (primary N) is 1. The van der Waals surface area contributed by atoms with Gasteiger partial charge in [0.15, 0.2) is 0 Å². The molecule has 0 amide bonds. The maximum Gasteiger partial charge on any atom is 0.0897 e. The van der Waals surface area contributed by atoms with Crippen LogP contribution < -0.4 is 5.73 Å². The molecule has 0 radical (unpaired) electrons. The molecular weight excluding hydrogens is 256 g/mol. The zero-order chi connectivity index (χ0) is 14.0. The molecule has 2 N–H and O–H groups in total. The van der Waals surface area contributed by atoms with Gasteiger partial charge in [0.05, 0.1) is 16.4 Å². The Morgan fingerprint density at radius 2 is 2.11 bits per heavy atom. The van der Waals surface area contributed by atoms with E-state index in [1.54, 1.807) is 11.3 Å². The van der Waals surface area contributed by atoms with Gasteiger partial charge in [0.1, 0.15) is 0 Å². The van der Waals surface area contributed by atoms with Crippen molar-refractivity contribution in [3.05, 3.63) is 33.0 Å². The molecule has 2 heterocycles. The molecule has 2 aromatic heterocycles. The Morgan fingerprint density at radius 3 is 2.63 bits per heavy atom. The lowest BCUT2D eigenvalue weighted by Crippen LogP contribution is -2.23. The first-order valence-corrected chi connectivity index (χ1v) is 7.51. The van der Waals surface area contributed by atoms with Gasteiger partial charge in [-0.25, -0.2) is 4.98 Å². The second-order valence-electron chi connectivity index (χ2n) is 5.13. The number of nitrogens with zero attached hydrogens (tertiary/aromatic N) is 3. The fourth-order valence-corrected chi connectivity index (χ4v) is 3.01. The highest BCUT2D eigenvalue weighted by Gasteiger charge is 2.12. The zero-order valence-electron chi connectivity index (χ0n) is 12.1. The van der Waals surface area contributed by atoms with Gasteiger partial charge in [0.2, 0.25) is 0 Å². The van der Waals surface area contributed by atoms with Gasteiger partial charge >= 0.3 is 0 Å². The van der Waals surface area contributed by atoms with E-state index in [9.17, 15) is 0 Å². The lowest BCUT2D eigenvalue weighted by Gasteiger charge is -2.10. The van der Waals surface area contributed by atoms with E-state index in [2.05, 4.69) is 29.3 Å². The number of hydrogen-bond donors (Lipinski definition) is 1. The summed E-state index contributed by atoms with van der Waals surface area (Å²) in [5.74, 6) is 0. The van der Waals surface area contributed by atoms with E-state index in [0.717, 1.165) is 35.7 Å². The van der Waals surface area contributed by atoms with Gasteiger partial charge in [-0.05, 0) is 39.2 Å². The number of aryl methyl sites for hydroxylation is 3. The minimum atomic E-state index is 0.167. The molecule has 104 valence electrons. The highest BCUT2D eigenvalue weighted by atomic mass is 32.1. The summed E-state index contributed by atoms with van der Waals surface area (Å²) in [5.41, 5.74) is 11.0. The highest BCUT2D eigenvalue weighted by Crippen LogP contribution is 2.16.